The first kappa shape index (κ1) is 14.3. The molecule has 1 aliphatic heterocycles. The van der Waals surface area contributed by atoms with Crippen LogP contribution in [0.25, 0.3) is 10.9 Å². The molecule has 3 atom stereocenters. The molecule has 6 nitrogen and oxygen atoms in total. The Bertz CT molecular complexity index is 825. The summed E-state index contributed by atoms with van der Waals surface area (Å²) in [5.74, 6) is -0.541. The molecule has 1 aromatic carbocycles. The van der Waals surface area contributed by atoms with E-state index in [-0.39, 0.29) is 23.8 Å². The minimum Gasteiger partial charge on any atom is -0.369 e. The van der Waals surface area contributed by atoms with Crippen LogP contribution in [0.2, 0.25) is 0 Å². The maximum Gasteiger partial charge on any atom is 0.265 e. The number of piperidine rings is 1. The van der Waals surface area contributed by atoms with E-state index in [2.05, 4.69) is 16.0 Å². The van der Waals surface area contributed by atoms with E-state index in [1.54, 1.807) is 0 Å². The lowest BCUT2D eigenvalue weighted by atomic mass is 9.72. The quantitative estimate of drug-likeness (QED) is 0.760. The fourth-order valence-corrected chi connectivity index (χ4v) is 4.45. The van der Waals surface area contributed by atoms with Crippen molar-refractivity contribution < 1.29 is 9.59 Å². The Morgan fingerprint density at radius 1 is 1.30 bits per heavy atom. The second-order valence-electron chi connectivity index (χ2n) is 6.77. The summed E-state index contributed by atoms with van der Waals surface area (Å²) < 4.78 is 0. The minimum absolute atomic E-state index is 0.132. The summed E-state index contributed by atoms with van der Waals surface area (Å²) in [4.78, 5) is 28.8. The van der Waals surface area contributed by atoms with Crippen LogP contribution in [0.15, 0.2) is 18.2 Å². The third-order valence-corrected chi connectivity index (χ3v) is 5.50. The number of amides is 2. The van der Waals surface area contributed by atoms with Crippen LogP contribution in [0, 0.1) is 5.92 Å². The number of likely N-dealkylation sites (tertiary alicyclic amines) is 1. The van der Waals surface area contributed by atoms with Crippen LogP contribution >= 0.6 is 0 Å². The van der Waals surface area contributed by atoms with Crippen molar-refractivity contribution in [2.24, 2.45) is 17.4 Å². The zero-order valence-corrected chi connectivity index (χ0v) is 13.0. The lowest BCUT2D eigenvalue weighted by Crippen LogP contribution is -2.50. The maximum absolute atomic E-state index is 11.8. The van der Waals surface area contributed by atoms with E-state index in [1.165, 1.54) is 5.56 Å². The van der Waals surface area contributed by atoms with Crippen molar-refractivity contribution in [3.63, 3.8) is 0 Å². The van der Waals surface area contributed by atoms with Gasteiger partial charge in [-0.2, -0.15) is 0 Å². The van der Waals surface area contributed by atoms with E-state index in [9.17, 15) is 9.59 Å². The molecule has 120 valence electrons. The van der Waals surface area contributed by atoms with Gasteiger partial charge in [-0.05, 0) is 37.1 Å². The number of nitrogens with two attached hydrogens (primary N) is 2. The fourth-order valence-electron chi connectivity index (χ4n) is 4.45. The molecule has 2 aromatic rings. The summed E-state index contributed by atoms with van der Waals surface area (Å²) in [5, 5.41) is 1.10. The fraction of sp³-hybridized carbons (Fsp3) is 0.412. The number of aromatic amines is 1. The van der Waals surface area contributed by atoms with Gasteiger partial charge < -0.3 is 21.4 Å². The molecule has 1 unspecified atom stereocenters. The van der Waals surface area contributed by atoms with Gasteiger partial charge in [0, 0.05) is 29.4 Å². The van der Waals surface area contributed by atoms with Crippen molar-refractivity contribution >= 4 is 22.7 Å². The number of aromatic nitrogens is 1. The van der Waals surface area contributed by atoms with Crippen LogP contribution < -0.4 is 11.5 Å². The van der Waals surface area contributed by atoms with Crippen molar-refractivity contribution in [2.75, 3.05) is 13.6 Å². The highest BCUT2D eigenvalue weighted by atomic mass is 16.1. The maximum atomic E-state index is 11.8. The summed E-state index contributed by atoms with van der Waals surface area (Å²) in [5.41, 5.74) is 14.7. The van der Waals surface area contributed by atoms with Gasteiger partial charge >= 0.3 is 0 Å². The molecule has 2 aliphatic rings. The molecule has 5 N–H and O–H groups in total. The molecule has 6 heteroatoms. The predicted molar refractivity (Wildman–Crippen MR) is 87.0 cm³/mol. The van der Waals surface area contributed by atoms with E-state index in [0.717, 1.165) is 29.3 Å². The van der Waals surface area contributed by atoms with Gasteiger partial charge in [-0.1, -0.05) is 12.1 Å². The smallest absolute Gasteiger partial charge is 0.265 e. The number of hydrogen-bond acceptors (Lipinski definition) is 3. The Morgan fingerprint density at radius 2 is 2.09 bits per heavy atom. The average Bonchev–Trinajstić information content (AvgIpc) is 2.88. The van der Waals surface area contributed by atoms with Gasteiger partial charge in [-0.15, -0.1) is 0 Å². The Balaban J connectivity index is 1.90. The Hall–Kier alpha value is -2.34. The summed E-state index contributed by atoms with van der Waals surface area (Å²) in [7, 11) is 2.02. The largest absolute Gasteiger partial charge is 0.369 e. The van der Waals surface area contributed by atoms with Crippen molar-refractivity contribution in [3.05, 3.63) is 35.0 Å². The Morgan fingerprint density at radius 3 is 2.78 bits per heavy atom. The number of carbonyl (C=O) groups excluding carboxylic acids is 2. The number of benzene rings is 1. The van der Waals surface area contributed by atoms with Gasteiger partial charge in [-0.3, -0.25) is 9.59 Å². The zero-order chi connectivity index (χ0) is 16.3. The molecule has 0 saturated carbocycles. The summed E-state index contributed by atoms with van der Waals surface area (Å²) in [6.45, 7) is 0.665. The van der Waals surface area contributed by atoms with E-state index >= 15 is 0 Å². The highest BCUT2D eigenvalue weighted by Crippen LogP contribution is 2.45. The molecule has 4 rings (SSSR count). The third-order valence-electron chi connectivity index (χ3n) is 5.50. The highest BCUT2D eigenvalue weighted by molar-refractivity contribution is 6.02. The van der Waals surface area contributed by atoms with Crippen LogP contribution in [-0.4, -0.2) is 41.3 Å². The standard InChI is InChI=1S/C17H20N4O2/c1-21-7-8(16(18)22)5-10-9-3-2-4-12-14(9)11(6-13(10)21)15(20-12)17(19)23/h2-4,8,10,13,20H,5-7H2,1H3,(H2,18,22)(H2,19,23)/t8?,10-,13-/m1/s1. The molecule has 2 heterocycles. The first-order chi connectivity index (χ1) is 11.0. The van der Waals surface area contributed by atoms with Crippen LogP contribution in [-0.2, 0) is 11.2 Å². The minimum atomic E-state index is -0.422. The molecule has 0 radical (unpaired) electrons. The molecular formula is C17H20N4O2. The van der Waals surface area contributed by atoms with Crippen LogP contribution in [0.5, 0.6) is 0 Å². The zero-order valence-electron chi connectivity index (χ0n) is 13.0. The molecule has 0 spiro atoms. The second-order valence-corrected chi connectivity index (χ2v) is 6.77. The summed E-state index contributed by atoms with van der Waals surface area (Å²) >= 11 is 0. The van der Waals surface area contributed by atoms with Gasteiger partial charge in [-0.25, -0.2) is 0 Å². The van der Waals surface area contributed by atoms with Crippen molar-refractivity contribution in [2.45, 2.75) is 24.8 Å². The van der Waals surface area contributed by atoms with E-state index in [1.807, 2.05) is 19.2 Å². The number of primary amides is 2. The third kappa shape index (κ3) is 1.98. The first-order valence-corrected chi connectivity index (χ1v) is 7.90. The van der Waals surface area contributed by atoms with Crippen LogP contribution in [0.3, 0.4) is 0 Å². The van der Waals surface area contributed by atoms with Gasteiger partial charge in [0.2, 0.25) is 5.91 Å². The number of rotatable bonds is 2. The number of carbonyl (C=O) groups is 2. The molecule has 1 aromatic heterocycles. The lowest BCUT2D eigenvalue weighted by Gasteiger charge is -2.44. The van der Waals surface area contributed by atoms with Crippen molar-refractivity contribution in [3.8, 4) is 0 Å². The molecule has 0 bridgehead atoms. The monoisotopic (exact) mass is 312 g/mol. The van der Waals surface area contributed by atoms with Gasteiger partial charge in [0.25, 0.3) is 5.91 Å². The molecule has 2 amide bonds. The molecule has 1 saturated heterocycles. The van der Waals surface area contributed by atoms with Gasteiger partial charge in [0.05, 0.1) is 5.92 Å². The van der Waals surface area contributed by atoms with Crippen molar-refractivity contribution in [1.29, 1.82) is 0 Å². The van der Waals surface area contributed by atoms with E-state index < -0.39 is 5.91 Å². The number of likely N-dealkylation sites (N-methyl/N-ethyl adjacent to an activating group) is 1. The number of fused-ring (bicyclic) bond motifs is 2. The summed E-state index contributed by atoms with van der Waals surface area (Å²) in [6.07, 6.45) is 1.53. The molecule has 1 aliphatic carbocycles. The number of nitrogens with zero attached hydrogens (tertiary/aromatic N) is 1. The Labute approximate surface area is 133 Å². The highest BCUT2D eigenvalue weighted by Gasteiger charge is 2.41. The number of nitrogens with one attached hydrogen (secondary N) is 1. The average molecular weight is 312 g/mol. The topological polar surface area (TPSA) is 105 Å². The second kappa shape index (κ2) is 4.83. The molecule has 1 fully saturated rings. The predicted octanol–water partition coefficient (Wildman–Crippen LogP) is 0.712. The van der Waals surface area contributed by atoms with Gasteiger partial charge in [0.1, 0.15) is 5.69 Å². The lowest BCUT2D eigenvalue weighted by molar-refractivity contribution is -0.124. The van der Waals surface area contributed by atoms with Crippen molar-refractivity contribution in [1.82, 2.24) is 9.88 Å². The normalized spacial score (nSPS) is 26.9. The molecule has 23 heavy (non-hydrogen) atoms. The number of hydrogen-bond donors (Lipinski definition) is 3. The Kier molecular flexibility index (Phi) is 2.99. The van der Waals surface area contributed by atoms with E-state index in [4.69, 9.17) is 11.5 Å². The molecular weight excluding hydrogens is 292 g/mol. The van der Waals surface area contributed by atoms with Crippen LogP contribution in [0.1, 0.15) is 34.0 Å². The van der Waals surface area contributed by atoms with E-state index in [0.29, 0.717) is 12.2 Å². The SMILES string of the molecule is CN1CC(C(N)=O)C[C@@H]2c3cccc4[nH]c(C(N)=O)c(c34)C[C@H]21. The summed E-state index contributed by atoms with van der Waals surface area (Å²) in [6, 6.07) is 6.31. The number of H-pyrrole nitrogens is 1. The van der Waals surface area contributed by atoms with Gasteiger partial charge in [0.15, 0.2) is 0 Å². The van der Waals surface area contributed by atoms with Crippen LogP contribution in [0.4, 0.5) is 0 Å². The first-order valence-electron chi connectivity index (χ1n) is 7.90.